The molecule has 0 bridgehead atoms. The second-order valence-corrected chi connectivity index (χ2v) is 3.45. The molecule has 0 aromatic carbocycles. The molecule has 1 aliphatic heterocycles. The van der Waals surface area contributed by atoms with E-state index in [1.165, 1.54) is 0 Å². The molecule has 5 heteroatoms. The Bertz CT molecular complexity index is 314. The standard InChI is InChI=1S/C10H14N2O3/c1-3-5-6-10(4-2)7(13)11-9(15)12-8(10)14/h3,5H,4,6H2,1-2H3,(H2,11,12,13,14,15)/b5-3+. The van der Waals surface area contributed by atoms with E-state index < -0.39 is 23.3 Å². The molecular weight excluding hydrogens is 196 g/mol. The number of urea groups is 1. The molecule has 2 N–H and O–H groups in total. The third kappa shape index (κ3) is 1.91. The minimum Gasteiger partial charge on any atom is -0.277 e. The molecule has 1 rings (SSSR count). The second-order valence-electron chi connectivity index (χ2n) is 3.45. The van der Waals surface area contributed by atoms with E-state index in [0.717, 1.165) is 0 Å². The van der Waals surface area contributed by atoms with Crippen molar-refractivity contribution in [1.82, 2.24) is 10.6 Å². The Kier molecular flexibility index (Phi) is 3.24. The van der Waals surface area contributed by atoms with Crippen LogP contribution in [0, 0.1) is 5.41 Å². The predicted molar refractivity (Wildman–Crippen MR) is 53.8 cm³/mol. The predicted octanol–water partition coefficient (Wildman–Crippen LogP) is 0.715. The zero-order valence-electron chi connectivity index (χ0n) is 8.79. The first kappa shape index (κ1) is 11.4. The van der Waals surface area contributed by atoms with E-state index in [9.17, 15) is 14.4 Å². The summed E-state index contributed by atoms with van der Waals surface area (Å²) in [5, 5.41) is 4.23. The van der Waals surface area contributed by atoms with Crippen LogP contribution >= 0.6 is 0 Å². The number of hydrogen-bond acceptors (Lipinski definition) is 3. The summed E-state index contributed by atoms with van der Waals surface area (Å²) in [5.74, 6) is -1.03. The molecule has 1 aliphatic rings. The van der Waals surface area contributed by atoms with Gasteiger partial charge in [-0.05, 0) is 19.8 Å². The summed E-state index contributed by atoms with van der Waals surface area (Å²) < 4.78 is 0. The van der Waals surface area contributed by atoms with Crippen LogP contribution < -0.4 is 10.6 Å². The Hall–Kier alpha value is -1.65. The summed E-state index contributed by atoms with van der Waals surface area (Å²) in [6, 6.07) is -0.741. The highest BCUT2D eigenvalue weighted by molar-refractivity contribution is 6.19. The van der Waals surface area contributed by atoms with E-state index in [4.69, 9.17) is 0 Å². The van der Waals surface area contributed by atoms with Crippen LogP contribution in [0.1, 0.15) is 26.7 Å². The molecule has 4 amide bonds. The lowest BCUT2D eigenvalue weighted by atomic mass is 9.78. The number of rotatable bonds is 3. The molecule has 0 aromatic rings. The molecule has 0 atom stereocenters. The van der Waals surface area contributed by atoms with Gasteiger partial charge < -0.3 is 0 Å². The Morgan fingerprint density at radius 1 is 1.20 bits per heavy atom. The molecule has 82 valence electrons. The van der Waals surface area contributed by atoms with Gasteiger partial charge in [0.1, 0.15) is 5.41 Å². The molecule has 0 aromatic heterocycles. The van der Waals surface area contributed by atoms with Crippen molar-refractivity contribution >= 4 is 17.8 Å². The van der Waals surface area contributed by atoms with E-state index in [2.05, 4.69) is 10.6 Å². The number of barbiturate groups is 1. The number of hydrogen-bond donors (Lipinski definition) is 2. The molecule has 15 heavy (non-hydrogen) atoms. The zero-order chi connectivity index (χ0) is 11.5. The highest BCUT2D eigenvalue weighted by Gasteiger charge is 2.47. The maximum absolute atomic E-state index is 11.6. The largest absolute Gasteiger partial charge is 0.328 e. The summed E-state index contributed by atoms with van der Waals surface area (Å²) in [6.45, 7) is 3.56. The van der Waals surface area contributed by atoms with Crippen LogP contribution in [0.25, 0.3) is 0 Å². The van der Waals surface area contributed by atoms with Gasteiger partial charge in [-0.25, -0.2) is 4.79 Å². The normalized spacial score (nSPS) is 20.3. The van der Waals surface area contributed by atoms with Crippen LogP contribution in [0.15, 0.2) is 12.2 Å². The van der Waals surface area contributed by atoms with Gasteiger partial charge in [0.15, 0.2) is 0 Å². The van der Waals surface area contributed by atoms with Gasteiger partial charge in [0.05, 0.1) is 0 Å². The highest BCUT2D eigenvalue weighted by atomic mass is 16.2. The van der Waals surface area contributed by atoms with Crippen molar-refractivity contribution in [3.8, 4) is 0 Å². The van der Waals surface area contributed by atoms with Crippen molar-refractivity contribution in [2.75, 3.05) is 0 Å². The fourth-order valence-corrected chi connectivity index (χ4v) is 1.55. The maximum Gasteiger partial charge on any atom is 0.328 e. The third-order valence-electron chi connectivity index (χ3n) is 2.63. The average molecular weight is 210 g/mol. The Morgan fingerprint density at radius 2 is 1.73 bits per heavy atom. The number of imide groups is 2. The monoisotopic (exact) mass is 210 g/mol. The molecular formula is C10H14N2O3. The molecule has 0 saturated carbocycles. The second kappa shape index (κ2) is 4.25. The minimum absolute atomic E-state index is 0.310. The summed E-state index contributed by atoms with van der Waals surface area (Å²) in [4.78, 5) is 34.2. The fourth-order valence-electron chi connectivity index (χ4n) is 1.55. The van der Waals surface area contributed by atoms with Crippen molar-refractivity contribution in [2.24, 2.45) is 5.41 Å². The molecule has 0 radical (unpaired) electrons. The van der Waals surface area contributed by atoms with Gasteiger partial charge in [-0.15, -0.1) is 0 Å². The topological polar surface area (TPSA) is 75.3 Å². The van der Waals surface area contributed by atoms with Gasteiger partial charge in [0, 0.05) is 0 Å². The Morgan fingerprint density at radius 3 is 2.13 bits per heavy atom. The average Bonchev–Trinajstić information content (AvgIpc) is 2.17. The number of allylic oxidation sites excluding steroid dienone is 2. The number of carbonyl (C=O) groups is 3. The molecule has 1 heterocycles. The lowest BCUT2D eigenvalue weighted by Gasteiger charge is -2.31. The van der Waals surface area contributed by atoms with Gasteiger partial charge in [-0.2, -0.15) is 0 Å². The van der Waals surface area contributed by atoms with Crippen LogP contribution in [0.4, 0.5) is 4.79 Å². The maximum atomic E-state index is 11.6. The lowest BCUT2D eigenvalue weighted by Crippen LogP contribution is -2.62. The van der Waals surface area contributed by atoms with E-state index in [1.54, 1.807) is 19.1 Å². The van der Waals surface area contributed by atoms with Gasteiger partial charge in [0.25, 0.3) is 0 Å². The molecule has 0 aliphatic carbocycles. The lowest BCUT2D eigenvalue weighted by molar-refractivity contribution is -0.144. The smallest absolute Gasteiger partial charge is 0.277 e. The van der Waals surface area contributed by atoms with Gasteiger partial charge in [-0.3, -0.25) is 20.2 Å². The number of nitrogens with one attached hydrogen (secondary N) is 2. The van der Waals surface area contributed by atoms with Crippen LogP contribution in [-0.2, 0) is 9.59 Å². The molecule has 1 fully saturated rings. The van der Waals surface area contributed by atoms with Crippen molar-refractivity contribution in [1.29, 1.82) is 0 Å². The summed E-state index contributed by atoms with van der Waals surface area (Å²) in [5.41, 5.74) is -1.14. The van der Waals surface area contributed by atoms with Crippen LogP contribution in [-0.4, -0.2) is 17.8 Å². The first-order chi connectivity index (χ1) is 7.06. The van der Waals surface area contributed by atoms with Gasteiger partial charge in [-0.1, -0.05) is 19.1 Å². The summed E-state index contributed by atoms with van der Waals surface area (Å²) >= 11 is 0. The molecule has 0 unspecified atom stereocenters. The van der Waals surface area contributed by atoms with Crippen molar-refractivity contribution in [3.63, 3.8) is 0 Å². The van der Waals surface area contributed by atoms with E-state index in [0.29, 0.717) is 12.8 Å². The number of carbonyl (C=O) groups excluding carboxylic acids is 3. The van der Waals surface area contributed by atoms with E-state index >= 15 is 0 Å². The van der Waals surface area contributed by atoms with Crippen LogP contribution in [0.3, 0.4) is 0 Å². The first-order valence-corrected chi connectivity index (χ1v) is 4.85. The minimum atomic E-state index is -1.14. The SMILES string of the molecule is C/C=C/CC1(CC)C(=O)NC(=O)NC1=O. The van der Waals surface area contributed by atoms with Gasteiger partial charge in [0.2, 0.25) is 11.8 Å². The summed E-state index contributed by atoms with van der Waals surface area (Å²) in [7, 11) is 0. The quantitative estimate of drug-likeness (QED) is 0.532. The Balaban J connectivity index is 2.99. The molecule has 0 spiro atoms. The van der Waals surface area contributed by atoms with Crippen molar-refractivity contribution < 1.29 is 14.4 Å². The molecule has 5 nitrogen and oxygen atoms in total. The zero-order valence-corrected chi connectivity index (χ0v) is 8.79. The van der Waals surface area contributed by atoms with E-state index in [-0.39, 0.29) is 0 Å². The van der Waals surface area contributed by atoms with E-state index in [1.807, 2.05) is 6.92 Å². The fraction of sp³-hybridized carbons (Fsp3) is 0.500. The van der Waals surface area contributed by atoms with Crippen molar-refractivity contribution in [2.45, 2.75) is 26.7 Å². The van der Waals surface area contributed by atoms with Gasteiger partial charge >= 0.3 is 6.03 Å². The highest BCUT2D eigenvalue weighted by Crippen LogP contribution is 2.29. The van der Waals surface area contributed by atoms with Crippen LogP contribution in [0.2, 0.25) is 0 Å². The van der Waals surface area contributed by atoms with Crippen molar-refractivity contribution in [3.05, 3.63) is 12.2 Å². The first-order valence-electron chi connectivity index (χ1n) is 4.85. The Labute approximate surface area is 87.9 Å². The third-order valence-corrected chi connectivity index (χ3v) is 2.63. The number of amides is 4. The van der Waals surface area contributed by atoms with Crippen LogP contribution in [0.5, 0.6) is 0 Å². The molecule has 1 saturated heterocycles. The summed E-state index contributed by atoms with van der Waals surface area (Å²) in [6.07, 6.45) is 4.19.